The van der Waals surface area contributed by atoms with Gasteiger partial charge in [0, 0.05) is 17.5 Å². The number of carboxylic acid groups (broad SMARTS) is 1. The Kier molecular flexibility index (Phi) is 5.87. The van der Waals surface area contributed by atoms with Crippen LogP contribution < -0.4 is 0 Å². The molecule has 0 bridgehead atoms. The van der Waals surface area contributed by atoms with E-state index in [1.54, 1.807) is 54.7 Å². The number of ketones is 1. The molecule has 4 nitrogen and oxygen atoms in total. The minimum atomic E-state index is -4.45. The second-order valence-electron chi connectivity index (χ2n) is 7.47. The van der Waals surface area contributed by atoms with Crippen molar-refractivity contribution in [2.24, 2.45) is 0 Å². The Balaban J connectivity index is 1.77. The van der Waals surface area contributed by atoms with Crippen molar-refractivity contribution in [3.63, 3.8) is 0 Å². The third kappa shape index (κ3) is 4.57. The molecule has 4 rings (SSSR count). The molecule has 3 aromatic carbocycles. The molecule has 1 aromatic heterocycles. The lowest BCUT2D eigenvalue weighted by Crippen LogP contribution is -2.16. The SMILES string of the molecule is O=C(O)c1ccc(C(C(=O)c2ccccc2-c2ccc(C(F)(F)F)cc2)c2ccc[nH]2)cc1. The molecule has 33 heavy (non-hydrogen) atoms. The molecular weight excluding hydrogens is 431 g/mol. The van der Waals surface area contributed by atoms with E-state index in [0.29, 0.717) is 27.9 Å². The average Bonchev–Trinajstić information content (AvgIpc) is 3.33. The topological polar surface area (TPSA) is 70.2 Å². The van der Waals surface area contributed by atoms with E-state index >= 15 is 0 Å². The van der Waals surface area contributed by atoms with Gasteiger partial charge < -0.3 is 10.1 Å². The minimum Gasteiger partial charge on any atom is -0.478 e. The number of hydrogen-bond donors (Lipinski definition) is 2. The van der Waals surface area contributed by atoms with Crippen molar-refractivity contribution < 1.29 is 27.9 Å². The Labute approximate surface area is 187 Å². The number of nitrogens with one attached hydrogen (secondary N) is 1. The number of hydrogen-bond acceptors (Lipinski definition) is 2. The third-order valence-corrected chi connectivity index (χ3v) is 5.40. The highest BCUT2D eigenvalue weighted by molar-refractivity contribution is 6.07. The van der Waals surface area contributed by atoms with E-state index in [1.165, 1.54) is 24.3 Å². The summed E-state index contributed by atoms with van der Waals surface area (Å²) in [6, 6.07) is 21.0. The molecule has 0 radical (unpaired) electrons. The number of benzene rings is 3. The van der Waals surface area contributed by atoms with Crippen LogP contribution in [0, 0.1) is 0 Å². The Morgan fingerprint density at radius 2 is 1.48 bits per heavy atom. The molecule has 1 unspecified atom stereocenters. The molecule has 0 saturated carbocycles. The fourth-order valence-corrected chi connectivity index (χ4v) is 3.76. The zero-order valence-corrected chi connectivity index (χ0v) is 17.1. The fraction of sp³-hybridized carbons (Fsp3) is 0.0769. The summed E-state index contributed by atoms with van der Waals surface area (Å²) in [6.07, 6.45) is -2.77. The van der Waals surface area contributed by atoms with Crippen molar-refractivity contribution in [2.75, 3.05) is 0 Å². The van der Waals surface area contributed by atoms with E-state index in [9.17, 15) is 27.9 Å². The highest BCUT2D eigenvalue weighted by Gasteiger charge is 2.31. The van der Waals surface area contributed by atoms with Crippen LogP contribution in [0.25, 0.3) is 11.1 Å². The van der Waals surface area contributed by atoms with Crippen LogP contribution in [0.3, 0.4) is 0 Å². The number of carbonyl (C=O) groups is 2. The summed E-state index contributed by atoms with van der Waals surface area (Å²) in [5.41, 5.74) is 1.88. The lowest BCUT2D eigenvalue weighted by molar-refractivity contribution is -0.137. The summed E-state index contributed by atoms with van der Waals surface area (Å²) in [6.45, 7) is 0. The quantitative estimate of drug-likeness (QED) is 0.334. The van der Waals surface area contributed by atoms with Gasteiger partial charge in [0.15, 0.2) is 5.78 Å². The molecule has 1 atom stereocenters. The first-order valence-electron chi connectivity index (χ1n) is 10.0. The van der Waals surface area contributed by atoms with Crippen LogP contribution in [0.4, 0.5) is 13.2 Å². The van der Waals surface area contributed by atoms with Crippen molar-refractivity contribution in [3.8, 4) is 11.1 Å². The zero-order valence-electron chi connectivity index (χ0n) is 17.1. The largest absolute Gasteiger partial charge is 0.478 e. The molecule has 0 spiro atoms. The van der Waals surface area contributed by atoms with Gasteiger partial charge in [-0.25, -0.2) is 4.79 Å². The molecule has 0 aliphatic rings. The lowest BCUT2D eigenvalue weighted by atomic mass is 9.84. The highest BCUT2D eigenvalue weighted by Crippen LogP contribution is 2.34. The number of halogens is 3. The normalized spacial score (nSPS) is 12.3. The average molecular weight is 449 g/mol. The van der Waals surface area contributed by atoms with Crippen LogP contribution in [0.15, 0.2) is 91.1 Å². The second kappa shape index (κ2) is 8.78. The maximum Gasteiger partial charge on any atom is 0.416 e. The van der Waals surface area contributed by atoms with E-state index in [2.05, 4.69) is 4.98 Å². The Morgan fingerprint density at radius 3 is 2.06 bits per heavy atom. The van der Waals surface area contributed by atoms with Gasteiger partial charge in [0.25, 0.3) is 0 Å². The van der Waals surface area contributed by atoms with Gasteiger partial charge in [-0.15, -0.1) is 0 Å². The number of carboxylic acids is 1. The number of Topliss-reactive ketones (excluding diaryl/α,β-unsaturated/α-hetero) is 1. The standard InChI is InChI=1S/C26H18F3NO3/c27-26(28,29)19-13-11-16(12-14-19)20-4-1-2-5-21(20)24(31)23(22-6-3-15-30-22)17-7-9-18(10-8-17)25(32)33/h1-15,23,30H,(H,32,33). The van der Waals surface area contributed by atoms with E-state index < -0.39 is 23.6 Å². The van der Waals surface area contributed by atoms with Crippen LogP contribution in [-0.4, -0.2) is 21.8 Å². The van der Waals surface area contributed by atoms with Gasteiger partial charge in [0.2, 0.25) is 0 Å². The first kappa shape index (κ1) is 22.1. The predicted octanol–water partition coefficient (Wildman–Crippen LogP) is 6.41. The highest BCUT2D eigenvalue weighted by atomic mass is 19.4. The second-order valence-corrected chi connectivity index (χ2v) is 7.47. The molecule has 4 aromatic rings. The van der Waals surface area contributed by atoms with Crippen molar-refractivity contribution in [1.82, 2.24) is 4.98 Å². The van der Waals surface area contributed by atoms with Gasteiger partial charge in [0.1, 0.15) is 0 Å². The van der Waals surface area contributed by atoms with E-state index in [0.717, 1.165) is 12.1 Å². The molecule has 1 heterocycles. The summed E-state index contributed by atoms with van der Waals surface area (Å²) < 4.78 is 38.9. The lowest BCUT2D eigenvalue weighted by Gasteiger charge is -2.18. The monoisotopic (exact) mass is 449 g/mol. The number of aromatic nitrogens is 1. The third-order valence-electron chi connectivity index (χ3n) is 5.40. The Morgan fingerprint density at radius 1 is 0.818 bits per heavy atom. The Bertz CT molecular complexity index is 1280. The van der Waals surface area contributed by atoms with Gasteiger partial charge in [-0.05, 0) is 53.1 Å². The van der Waals surface area contributed by atoms with E-state index in [-0.39, 0.29) is 11.3 Å². The molecular formula is C26H18F3NO3. The molecule has 0 amide bonds. The van der Waals surface area contributed by atoms with E-state index in [4.69, 9.17) is 0 Å². The first-order valence-corrected chi connectivity index (χ1v) is 10.0. The summed E-state index contributed by atoms with van der Waals surface area (Å²) in [5.74, 6) is -2.09. The number of aromatic amines is 1. The van der Waals surface area contributed by atoms with Crippen LogP contribution in [-0.2, 0) is 6.18 Å². The van der Waals surface area contributed by atoms with Crippen molar-refractivity contribution in [3.05, 3.63) is 119 Å². The summed E-state index contributed by atoms with van der Waals surface area (Å²) >= 11 is 0. The molecule has 0 aliphatic heterocycles. The molecule has 0 saturated heterocycles. The minimum absolute atomic E-state index is 0.0987. The van der Waals surface area contributed by atoms with Crippen molar-refractivity contribution >= 4 is 11.8 Å². The van der Waals surface area contributed by atoms with Crippen LogP contribution in [0.1, 0.15) is 43.5 Å². The molecule has 0 aliphatic carbocycles. The summed E-state index contributed by atoms with van der Waals surface area (Å²) in [4.78, 5) is 28.0. The van der Waals surface area contributed by atoms with Crippen molar-refractivity contribution in [1.29, 1.82) is 0 Å². The predicted molar refractivity (Wildman–Crippen MR) is 117 cm³/mol. The van der Waals surface area contributed by atoms with Gasteiger partial charge in [-0.1, -0.05) is 48.5 Å². The maximum atomic E-state index is 13.8. The van der Waals surface area contributed by atoms with Crippen molar-refractivity contribution in [2.45, 2.75) is 12.1 Å². The maximum absolute atomic E-state index is 13.8. The van der Waals surface area contributed by atoms with Gasteiger partial charge in [0.05, 0.1) is 17.0 Å². The number of aromatic carboxylic acids is 1. The fourth-order valence-electron chi connectivity index (χ4n) is 3.76. The van der Waals surface area contributed by atoms with E-state index in [1.807, 2.05) is 0 Å². The van der Waals surface area contributed by atoms with Gasteiger partial charge in [-0.3, -0.25) is 4.79 Å². The molecule has 7 heteroatoms. The zero-order chi connectivity index (χ0) is 23.6. The van der Waals surface area contributed by atoms with Gasteiger partial charge >= 0.3 is 12.1 Å². The summed E-state index contributed by atoms with van der Waals surface area (Å²) in [7, 11) is 0. The van der Waals surface area contributed by atoms with Crippen LogP contribution in [0.5, 0.6) is 0 Å². The number of rotatable bonds is 6. The number of H-pyrrole nitrogens is 1. The smallest absolute Gasteiger partial charge is 0.416 e. The molecule has 166 valence electrons. The first-order chi connectivity index (χ1) is 15.8. The van der Waals surface area contributed by atoms with Gasteiger partial charge in [-0.2, -0.15) is 13.2 Å². The number of alkyl halides is 3. The summed E-state index contributed by atoms with van der Waals surface area (Å²) in [5, 5.41) is 9.17. The Hall–Kier alpha value is -4.13. The van der Waals surface area contributed by atoms with Crippen LogP contribution >= 0.6 is 0 Å². The van der Waals surface area contributed by atoms with Crippen LogP contribution in [0.2, 0.25) is 0 Å². The number of carbonyl (C=O) groups excluding carboxylic acids is 1. The molecule has 0 fully saturated rings. The molecule has 2 N–H and O–H groups in total.